The third-order valence-corrected chi connectivity index (χ3v) is 4.03. The fourth-order valence-electron chi connectivity index (χ4n) is 2.36. The van der Waals surface area contributed by atoms with Gasteiger partial charge in [-0.2, -0.15) is 9.78 Å². The van der Waals surface area contributed by atoms with Gasteiger partial charge in [-0.15, -0.1) is 0 Å². The second-order valence-corrected chi connectivity index (χ2v) is 5.98. The Bertz CT molecular complexity index is 884. The van der Waals surface area contributed by atoms with E-state index in [1.54, 1.807) is 24.3 Å². The van der Waals surface area contributed by atoms with Crippen molar-refractivity contribution in [3.8, 4) is 11.4 Å². The molecule has 0 radical (unpaired) electrons. The van der Waals surface area contributed by atoms with Gasteiger partial charge in [-0.1, -0.05) is 13.8 Å². The Balaban J connectivity index is 2.62. The molecule has 0 saturated heterocycles. The maximum absolute atomic E-state index is 12.7. The molecule has 8 nitrogen and oxygen atoms in total. The highest BCUT2D eigenvalue weighted by Gasteiger charge is 2.20. The van der Waals surface area contributed by atoms with E-state index in [1.165, 1.54) is 7.11 Å². The number of nitrogens with one attached hydrogen (secondary N) is 1. The van der Waals surface area contributed by atoms with Crippen LogP contribution in [-0.2, 0) is 6.54 Å². The molecule has 0 saturated carbocycles. The minimum atomic E-state index is -0.678. The lowest BCUT2D eigenvalue weighted by Gasteiger charge is -2.14. The van der Waals surface area contributed by atoms with Crippen LogP contribution >= 0.6 is 0 Å². The predicted molar refractivity (Wildman–Crippen MR) is 98.2 cm³/mol. The summed E-state index contributed by atoms with van der Waals surface area (Å²) in [7, 11) is 1.54. The zero-order chi connectivity index (χ0) is 19.3. The highest BCUT2D eigenvalue weighted by atomic mass is 16.5. The van der Waals surface area contributed by atoms with Gasteiger partial charge in [-0.25, -0.2) is 4.79 Å². The SMILES string of the molecule is CCCn1c(=O)c(C(=O)NC(C)CC)nn(-c2ccc(OC)cc2)c1=O. The van der Waals surface area contributed by atoms with Crippen LogP contribution in [0.3, 0.4) is 0 Å². The highest BCUT2D eigenvalue weighted by molar-refractivity contribution is 5.91. The molecule has 0 spiro atoms. The van der Waals surface area contributed by atoms with Gasteiger partial charge in [0.2, 0.25) is 5.69 Å². The molecule has 0 fully saturated rings. The molecule has 0 aliphatic carbocycles. The van der Waals surface area contributed by atoms with Crippen LogP contribution in [-0.4, -0.2) is 33.4 Å². The topological polar surface area (TPSA) is 95.2 Å². The average Bonchev–Trinajstić information content (AvgIpc) is 2.65. The quantitative estimate of drug-likeness (QED) is 0.804. The van der Waals surface area contributed by atoms with E-state index in [0.717, 1.165) is 9.25 Å². The summed E-state index contributed by atoms with van der Waals surface area (Å²) in [6, 6.07) is 6.54. The van der Waals surface area contributed by atoms with Crippen LogP contribution in [0.5, 0.6) is 5.75 Å². The Hall–Kier alpha value is -2.90. The summed E-state index contributed by atoms with van der Waals surface area (Å²) in [5, 5.41) is 6.77. The standard InChI is InChI=1S/C18H24N4O4/c1-5-11-21-17(24)15(16(23)19-12(3)6-2)20-22(18(21)25)13-7-9-14(26-4)10-8-13/h7-10,12H,5-6,11H2,1-4H3,(H,19,23). The van der Waals surface area contributed by atoms with Crippen molar-refractivity contribution in [2.45, 2.75) is 46.2 Å². The molecule has 0 aliphatic heterocycles. The maximum atomic E-state index is 12.7. The minimum absolute atomic E-state index is 0.107. The molecule has 1 N–H and O–H groups in total. The Morgan fingerprint density at radius 1 is 1.23 bits per heavy atom. The molecule has 1 aromatic carbocycles. The van der Waals surface area contributed by atoms with Crippen molar-refractivity contribution in [3.63, 3.8) is 0 Å². The molecule has 0 aliphatic rings. The normalized spacial score (nSPS) is 11.8. The molecule has 1 unspecified atom stereocenters. The molecule has 2 rings (SSSR count). The molecule has 8 heteroatoms. The van der Waals surface area contributed by atoms with Crippen LogP contribution in [0.25, 0.3) is 5.69 Å². The van der Waals surface area contributed by atoms with Gasteiger partial charge in [0.1, 0.15) is 5.75 Å². The summed E-state index contributed by atoms with van der Waals surface area (Å²) in [6.07, 6.45) is 1.29. The summed E-state index contributed by atoms with van der Waals surface area (Å²) < 4.78 is 7.22. The molecule has 1 atom stereocenters. The first-order valence-electron chi connectivity index (χ1n) is 8.62. The lowest BCUT2D eigenvalue weighted by molar-refractivity contribution is 0.0929. The van der Waals surface area contributed by atoms with Gasteiger partial charge in [0.15, 0.2) is 0 Å². The Kier molecular flexibility index (Phi) is 6.32. The van der Waals surface area contributed by atoms with Crippen LogP contribution in [0.2, 0.25) is 0 Å². The number of ether oxygens (including phenoxy) is 1. The first-order chi connectivity index (χ1) is 12.4. The van der Waals surface area contributed by atoms with Gasteiger partial charge in [0.05, 0.1) is 12.8 Å². The monoisotopic (exact) mass is 360 g/mol. The zero-order valence-corrected chi connectivity index (χ0v) is 15.5. The van der Waals surface area contributed by atoms with Crippen LogP contribution in [0.4, 0.5) is 0 Å². The van der Waals surface area contributed by atoms with E-state index in [2.05, 4.69) is 10.4 Å². The fraction of sp³-hybridized carbons (Fsp3) is 0.444. The van der Waals surface area contributed by atoms with Crippen molar-refractivity contribution in [2.75, 3.05) is 7.11 Å². The lowest BCUT2D eigenvalue weighted by atomic mass is 10.2. The minimum Gasteiger partial charge on any atom is -0.497 e. The molecular formula is C18H24N4O4. The van der Waals surface area contributed by atoms with Gasteiger partial charge < -0.3 is 10.1 Å². The summed E-state index contributed by atoms with van der Waals surface area (Å²) in [5.41, 5.74) is -1.11. The smallest absolute Gasteiger partial charge is 0.352 e. The van der Waals surface area contributed by atoms with Crippen molar-refractivity contribution < 1.29 is 9.53 Å². The highest BCUT2D eigenvalue weighted by Crippen LogP contribution is 2.12. The number of rotatable bonds is 7. The van der Waals surface area contributed by atoms with Crippen molar-refractivity contribution in [1.82, 2.24) is 19.7 Å². The van der Waals surface area contributed by atoms with Gasteiger partial charge in [0, 0.05) is 12.6 Å². The second-order valence-electron chi connectivity index (χ2n) is 5.98. The third kappa shape index (κ3) is 4.01. The van der Waals surface area contributed by atoms with Crippen molar-refractivity contribution in [3.05, 3.63) is 50.8 Å². The van der Waals surface area contributed by atoms with E-state index in [0.29, 0.717) is 24.3 Å². The van der Waals surface area contributed by atoms with E-state index in [-0.39, 0.29) is 18.3 Å². The summed E-state index contributed by atoms with van der Waals surface area (Å²) in [5.74, 6) is 0.0369. The van der Waals surface area contributed by atoms with E-state index < -0.39 is 17.2 Å². The largest absolute Gasteiger partial charge is 0.497 e. The molecule has 2 aromatic rings. The number of nitrogens with zero attached hydrogens (tertiary/aromatic N) is 3. The number of methoxy groups -OCH3 is 1. The molecule has 0 bridgehead atoms. The predicted octanol–water partition coefficient (Wildman–Crippen LogP) is 1.34. The van der Waals surface area contributed by atoms with Crippen molar-refractivity contribution in [1.29, 1.82) is 0 Å². The zero-order valence-electron chi connectivity index (χ0n) is 15.5. The average molecular weight is 360 g/mol. The molecule has 140 valence electrons. The van der Waals surface area contributed by atoms with Crippen LogP contribution in [0.1, 0.15) is 44.1 Å². The molecule has 1 heterocycles. The Morgan fingerprint density at radius 3 is 2.42 bits per heavy atom. The number of hydrogen-bond donors (Lipinski definition) is 1. The molecule has 1 aromatic heterocycles. The van der Waals surface area contributed by atoms with Crippen LogP contribution < -0.4 is 21.3 Å². The molecule has 26 heavy (non-hydrogen) atoms. The third-order valence-electron chi connectivity index (χ3n) is 4.03. The van der Waals surface area contributed by atoms with Crippen LogP contribution in [0.15, 0.2) is 33.9 Å². The molecule has 1 amide bonds. The summed E-state index contributed by atoms with van der Waals surface area (Å²) in [4.78, 5) is 37.7. The number of carbonyl (C=O) groups excluding carboxylic acids is 1. The molecular weight excluding hydrogens is 336 g/mol. The van der Waals surface area contributed by atoms with E-state index in [1.807, 2.05) is 20.8 Å². The summed E-state index contributed by atoms with van der Waals surface area (Å²) >= 11 is 0. The fourth-order valence-corrected chi connectivity index (χ4v) is 2.36. The van der Waals surface area contributed by atoms with Gasteiger partial charge in [-0.05, 0) is 44.0 Å². The van der Waals surface area contributed by atoms with Gasteiger partial charge in [-0.3, -0.25) is 14.2 Å². The van der Waals surface area contributed by atoms with E-state index in [4.69, 9.17) is 4.74 Å². The Morgan fingerprint density at radius 2 is 1.88 bits per heavy atom. The lowest BCUT2D eigenvalue weighted by Crippen LogP contribution is -2.46. The first-order valence-corrected chi connectivity index (χ1v) is 8.62. The number of benzene rings is 1. The van der Waals surface area contributed by atoms with Gasteiger partial charge >= 0.3 is 5.69 Å². The van der Waals surface area contributed by atoms with Crippen molar-refractivity contribution in [2.24, 2.45) is 0 Å². The van der Waals surface area contributed by atoms with Gasteiger partial charge in [0.25, 0.3) is 11.5 Å². The van der Waals surface area contributed by atoms with E-state index in [9.17, 15) is 14.4 Å². The van der Waals surface area contributed by atoms with Crippen molar-refractivity contribution >= 4 is 5.91 Å². The van der Waals surface area contributed by atoms with Crippen LogP contribution in [0, 0.1) is 0 Å². The Labute approximate surface area is 151 Å². The second kappa shape index (κ2) is 8.46. The number of hydrogen-bond acceptors (Lipinski definition) is 5. The number of amides is 1. The number of aromatic nitrogens is 3. The van der Waals surface area contributed by atoms with E-state index >= 15 is 0 Å². The summed E-state index contributed by atoms with van der Waals surface area (Å²) in [6.45, 7) is 5.82. The number of carbonyl (C=O) groups is 1. The maximum Gasteiger partial charge on any atom is 0.352 e. The first kappa shape index (κ1) is 19.4.